The molecule has 1 saturated carbocycles. The van der Waals surface area contributed by atoms with Gasteiger partial charge in [-0.2, -0.15) is 0 Å². The summed E-state index contributed by atoms with van der Waals surface area (Å²) < 4.78 is 18.2. The van der Waals surface area contributed by atoms with Gasteiger partial charge in [0.05, 0.1) is 19.3 Å². The molecule has 0 aromatic heterocycles. The third-order valence-electron chi connectivity index (χ3n) is 3.02. The maximum absolute atomic E-state index is 13.1. The fourth-order valence-electron chi connectivity index (χ4n) is 1.88. The summed E-state index contributed by atoms with van der Waals surface area (Å²) in [6.45, 7) is 0. The molecular weight excluding hydrogens is 209 g/mol. The molecule has 16 heavy (non-hydrogen) atoms. The van der Waals surface area contributed by atoms with Gasteiger partial charge in [0.1, 0.15) is 11.6 Å². The lowest BCUT2D eigenvalue weighted by Gasteiger charge is -2.20. The Morgan fingerprint density at radius 2 is 2.19 bits per heavy atom. The molecule has 0 saturated heterocycles. The predicted molar refractivity (Wildman–Crippen MR) is 58.6 cm³/mol. The van der Waals surface area contributed by atoms with E-state index in [9.17, 15) is 9.50 Å². The Kier molecular flexibility index (Phi) is 3.12. The SMILES string of the molecule is COc1ccc(F)cc1[C@H](N)[C@H](O)C1CC1. The number of benzene rings is 1. The van der Waals surface area contributed by atoms with Gasteiger partial charge in [-0.15, -0.1) is 0 Å². The highest BCUT2D eigenvalue weighted by Crippen LogP contribution is 2.39. The van der Waals surface area contributed by atoms with E-state index in [2.05, 4.69) is 0 Å². The Balaban J connectivity index is 2.26. The first-order valence-electron chi connectivity index (χ1n) is 5.40. The summed E-state index contributed by atoms with van der Waals surface area (Å²) in [6.07, 6.45) is 1.37. The number of nitrogens with two attached hydrogens (primary N) is 1. The normalized spacial score (nSPS) is 19.2. The largest absolute Gasteiger partial charge is 0.496 e. The molecule has 1 aromatic carbocycles. The van der Waals surface area contributed by atoms with E-state index in [0.29, 0.717) is 11.3 Å². The molecule has 0 bridgehead atoms. The molecule has 2 atom stereocenters. The molecule has 1 aliphatic rings. The van der Waals surface area contributed by atoms with Crippen molar-refractivity contribution >= 4 is 0 Å². The molecule has 1 aromatic rings. The minimum atomic E-state index is -0.615. The third kappa shape index (κ3) is 2.18. The standard InChI is InChI=1S/C12H16FNO2/c1-16-10-5-4-8(13)6-9(10)11(14)12(15)7-2-3-7/h4-7,11-12,15H,2-3,14H2,1H3/t11-,12+/m0/s1. The zero-order valence-corrected chi connectivity index (χ0v) is 9.19. The topological polar surface area (TPSA) is 55.5 Å². The van der Waals surface area contributed by atoms with Crippen molar-refractivity contribution in [1.29, 1.82) is 0 Å². The monoisotopic (exact) mass is 225 g/mol. The van der Waals surface area contributed by atoms with Crippen molar-refractivity contribution in [2.24, 2.45) is 11.7 Å². The quantitative estimate of drug-likeness (QED) is 0.818. The van der Waals surface area contributed by atoms with Gasteiger partial charge in [-0.1, -0.05) is 0 Å². The highest BCUT2D eigenvalue weighted by atomic mass is 19.1. The van der Waals surface area contributed by atoms with E-state index < -0.39 is 12.1 Å². The van der Waals surface area contributed by atoms with E-state index in [4.69, 9.17) is 10.5 Å². The first kappa shape index (κ1) is 11.4. The lowest BCUT2D eigenvalue weighted by molar-refractivity contribution is 0.121. The summed E-state index contributed by atoms with van der Waals surface area (Å²) >= 11 is 0. The number of hydrogen-bond acceptors (Lipinski definition) is 3. The Morgan fingerprint density at radius 1 is 1.50 bits per heavy atom. The molecule has 0 aliphatic heterocycles. The average molecular weight is 225 g/mol. The van der Waals surface area contributed by atoms with E-state index in [0.717, 1.165) is 12.8 Å². The number of aliphatic hydroxyl groups excluding tert-OH is 1. The number of rotatable bonds is 4. The molecule has 3 N–H and O–H groups in total. The molecule has 2 rings (SSSR count). The van der Waals surface area contributed by atoms with E-state index in [1.165, 1.54) is 25.3 Å². The van der Waals surface area contributed by atoms with Crippen LogP contribution in [0.5, 0.6) is 5.75 Å². The van der Waals surface area contributed by atoms with E-state index >= 15 is 0 Å². The summed E-state index contributed by atoms with van der Waals surface area (Å²) in [4.78, 5) is 0. The van der Waals surface area contributed by atoms with Gasteiger partial charge >= 0.3 is 0 Å². The highest BCUT2D eigenvalue weighted by Gasteiger charge is 2.35. The number of halogens is 1. The van der Waals surface area contributed by atoms with Gasteiger partial charge in [-0.05, 0) is 37.0 Å². The lowest BCUT2D eigenvalue weighted by atomic mass is 9.98. The maximum atomic E-state index is 13.1. The molecule has 1 aliphatic carbocycles. The molecule has 4 heteroatoms. The minimum Gasteiger partial charge on any atom is -0.496 e. The number of methoxy groups -OCH3 is 1. The number of ether oxygens (including phenoxy) is 1. The van der Waals surface area contributed by atoms with Gasteiger partial charge in [0.2, 0.25) is 0 Å². The molecule has 0 radical (unpaired) electrons. The zero-order valence-electron chi connectivity index (χ0n) is 9.19. The van der Waals surface area contributed by atoms with Crippen molar-refractivity contribution in [2.45, 2.75) is 25.0 Å². The molecule has 88 valence electrons. The van der Waals surface area contributed by atoms with Crippen LogP contribution in [-0.2, 0) is 0 Å². The molecule has 3 nitrogen and oxygen atoms in total. The second kappa shape index (κ2) is 4.39. The van der Waals surface area contributed by atoms with Crippen LogP contribution in [0.2, 0.25) is 0 Å². The summed E-state index contributed by atoms with van der Waals surface area (Å²) in [7, 11) is 1.51. The van der Waals surface area contributed by atoms with Crippen molar-refractivity contribution in [3.63, 3.8) is 0 Å². The Morgan fingerprint density at radius 3 is 2.75 bits per heavy atom. The van der Waals surface area contributed by atoms with Crippen LogP contribution in [0.25, 0.3) is 0 Å². The fourth-order valence-corrected chi connectivity index (χ4v) is 1.88. The van der Waals surface area contributed by atoms with Crippen LogP contribution in [-0.4, -0.2) is 18.3 Å². The van der Waals surface area contributed by atoms with Gasteiger partial charge in [0, 0.05) is 5.56 Å². The van der Waals surface area contributed by atoms with Gasteiger partial charge in [-0.25, -0.2) is 4.39 Å². The highest BCUT2D eigenvalue weighted by molar-refractivity contribution is 5.37. The van der Waals surface area contributed by atoms with Crippen molar-refractivity contribution in [1.82, 2.24) is 0 Å². The zero-order chi connectivity index (χ0) is 11.7. The molecule has 0 unspecified atom stereocenters. The summed E-state index contributed by atoms with van der Waals surface area (Å²) in [5.41, 5.74) is 6.46. The first-order valence-corrected chi connectivity index (χ1v) is 5.40. The lowest BCUT2D eigenvalue weighted by Crippen LogP contribution is -2.28. The molecular formula is C12H16FNO2. The van der Waals surface area contributed by atoms with Crippen LogP contribution in [0.15, 0.2) is 18.2 Å². The Labute approximate surface area is 94.0 Å². The van der Waals surface area contributed by atoms with Crippen LogP contribution in [0.1, 0.15) is 24.4 Å². The molecule has 0 heterocycles. The van der Waals surface area contributed by atoms with Gasteiger partial charge < -0.3 is 15.6 Å². The fraction of sp³-hybridized carbons (Fsp3) is 0.500. The van der Waals surface area contributed by atoms with Crippen LogP contribution in [0.3, 0.4) is 0 Å². The maximum Gasteiger partial charge on any atom is 0.123 e. The van der Waals surface area contributed by atoms with Crippen LogP contribution in [0.4, 0.5) is 4.39 Å². The van der Waals surface area contributed by atoms with Crippen LogP contribution >= 0.6 is 0 Å². The van der Waals surface area contributed by atoms with Crippen molar-refractivity contribution in [2.75, 3.05) is 7.11 Å². The van der Waals surface area contributed by atoms with Crippen LogP contribution in [0, 0.1) is 11.7 Å². The summed E-state index contributed by atoms with van der Waals surface area (Å²) in [5, 5.41) is 9.92. The second-order valence-corrected chi connectivity index (χ2v) is 4.24. The number of aliphatic hydroxyl groups is 1. The smallest absolute Gasteiger partial charge is 0.123 e. The minimum absolute atomic E-state index is 0.253. The Bertz CT molecular complexity index is 379. The van der Waals surface area contributed by atoms with Crippen molar-refractivity contribution < 1.29 is 14.2 Å². The van der Waals surface area contributed by atoms with Gasteiger partial charge in [-0.3, -0.25) is 0 Å². The van der Waals surface area contributed by atoms with E-state index in [1.807, 2.05) is 0 Å². The van der Waals surface area contributed by atoms with Crippen LogP contribution < -0.4 is 10.5 Å². The average Bonchev–Trinajstić information content (AvgIpc) is 3.11. The molecule has 1 fully saturated rings. The summed E-state index contributed by atoms with van der Waals surface area (Å²) in [5.74, 6) is 0.408. The molecule has 0 spiro atoms. The number of hydrogen-bond donors (Lipinski definition) is 2. The Hall–Kier alpha value is -1.13. The first-order chi connectivity index (χ1) is 7.63. The van der Waals surface area contributed by atoms with E-state index in [1.54, 1.807) is 0 Å². The van der Waals surface area contributed by atoms with Crippen molar-refractivity contribution in [3.8, 4) is 5.75 Å². The van der Waals surface area contributed by atoms with Crippen molar-refractivity contribution in [3.05, 3.63) is 29.6 Å². The summed E-state index contributed by atoms with van der Waals surface area (Å²) in [6, 6.07) is 3.59. The van der Waals surface area contributed by atoms with E-state index in [-0.39, 0.29) is 11.7 Å². The predicted octanol–water partition coefficient (Wildman–Crippen LogP) is 1.60. The van der Waals surface area contributed by atoms with Gasteiger partial charge in [0.15, 0.2) is 0 Å². The molecule has 0 amide bonds. The third-order valence-corrected chi connectivity index (χ3v) is 3.02. The van der Waals surface area contributed by atoms with Gasteiger partial charge in [0.25, 0.3) is 0 Å². The second-order valence-electron chi connectivity index (χ2n) is 4.24.